The van der Waals surface area contributed by atoms with E-state index in [2.05, 4.69) is 36.9 Å². The molecule has 0 bridgehead atoms. The van der Waals surface area contributed by atoms with Crippen LogP contribution < -0.4 is 16.2 Å². The van der Waals surface area contributed by atoms with E-state index < -0.39 is 29.9 Å². The van der Waals surface area contributed by atoms with Crippen molar-refractivity contribution in [2.45, 2.75) is 58.4 Å². The molecular weight excluding hydrogens is 420 g/mol. The Kier molecular flexibility index (Phi) is 6.59. The van der Waals surface area contributed by atoms with Crippen molar-refractivity contribution in [2.75, 3.05) is 6.54 Å². The molecule has 3 rings (SSSR count). The SMILES string of the molecule is CC(C)(C)C1CCC2(CC1)NC(=O)N(CC(=O)NNC(=O)Cc1ccc(Cl)cc1)C2=O. The fourth-order valence-corrected chi connectivity index (χ4v) is 4.42. The van der Waals surface area contributed by atoms with Crippen molar-refractivity contribution in [3.05, 3.63) is 34.9 Å². The molecule has 1 spiro atoms. The van der Waals surface area contributed by atoms with Gasteiger partial charge in [-0.05, 0) is 54.7 Å². The van der Waals surface area contributed by atoms with Crippen molar-refractivity contribution in [1.29, 1.82) is 0 Å². The fourth-order valence-electron chi connectivity index (χ4n) is 4.29. The Morgan fingerprint density at radius 1 is 1.10 bits per heavy atom. The van der Waals surface area contributed by atoms with Crippen molar-refractivity contribution >= 4 is 35.4 Å². The molecule has 0 atom stereocenters. The second-order valence-electron chi connectivity index (χ2n) is 9.44. The topological polar surface area (TPSA) is 108 Å². The minimum atomic E-state index is -0.920. The highest BCUT2D eigenvalue weighted by Crippen LogP contribution is 2.43. The molecule has 2 fully saturated rings. The van der Waals surface area contributed by atoms with E-state index >= 15 is 0 Å². The van der Waals surface area contributed by atoms with Gasteiger partial charge in [0.25, 0.3) is 11.8 Å². The van der Waals surface area contributed by atoms with Gasteiger partial charge in [-0.15, -0.1) is 0 Å². The van der Waals surface area contributed by atoms with Gasteiger partial charge in [0.15, 0.2) is 0 Å². The summed E-state index contributed by atoms with van der Waals surface area (Å²) >= 11 is 5.81. The number of carbonyl (C=O) groups is 4. The second-order valence-corrected chi connectivity index (χ2v) is 9.88. The first-order valence-electron chi connectivity index (χ1n) is 10.5. The molecule has 0 unspecified atom stereocenters. The first-order chi connectivity index (χ1) is 14.5. The lowest BCUT2D eigenvalue weighted by Crippen LogP contribution is -2.51. The van der Waals surface area contributed by atoms with Gasteiger partial charge in [0.1, 0.15) is 12.1 Å². The molecule has 1 aliphatic carbocycles. The molecule has 1 heterocycles. The number of rotatable bonds is 4. The van der Waals surface area contributed by atoms with Crippen molar-refractivity contribution in [2.24, 2.45) is 11.3 Å². The fraction of sp³-hybridized carbons (Fsp3) is 0.545. The van der Waals surface area contributed by atoms with Gasteiger partial charge < -0.3 is 5.32 Å². The van der Waals surface area contributed by atoms with Crippen LogP contribution in [0.5, 0.6) is 0 Å². The number of hydrazine groups is 1. The zero-order valence-electron chi connectivity index (χ0n) is 18.1. The number of nitrogens with zero attached hydrogens (tertiary/aromatic N) is 1. The van der Waals surface area contributed by atoms with E-state index in [0.29, 0.717) is 23.8 Å². The lowest BCUT2D eigenvalue weighted by molar-refractivity contribution is -0.137. The Hall–Kier alpha value is -2.61. The van der Waals surface area contributed by atoms with Crippen molar-refractivity contribution < 1.29 is 19.2 Å². The molecule has 1 aromatic carbocycles. The predicted molar refractivity (Wildman–Crippen MR) is 116 cm³/mol. The van der Waals surface area contributed by atoms with Gasteiger partial charge >= 0.3 is 6.03 Å². The normalized spacial score (nSPS) is 23.6. The van der Waals surface area contributed by atoms with Crippen LogP contribution in [0, 0.1) is 11.3 Å². The Morgan fingerprint density at radius 3 is 2.26 bits per heavy atom. The lowest BCUT2D eigenvalue weighted by atomic mass is 9.67. The minimum Gasteiger partial charge on any atom is -0.323 e. The first-order valence-corrected chi connectivity index (χ1v) is 10.8. The number of carbonyl (C=O) groups excluding carboxylic acids is 4. The Bertz CT molecular complexity index is 870. The summed E-state index contributed by atoms with van der Waals surface area (Å²) in [6.07, 6.45) is 2.87. The van der Waals surface area contributed by atoms with E-state index in [1.54, 1.807) is 24.3 Å². The van der Waals surface area contributed by atoms with Gasteiger partial charge in [0, 0.05) is 5.02 Å². The molecule has 1 aliphatic heterocycles. The number of hydrogen-bond acceptors (Lipinski definition) is 4. The number of nitrogens with one attached hydrogen (secondary N) is 3. The van der Waals surface area contributed by atoms with E-state index in [4.69, 9.17) is 11.6 Å². The summed E-state index contributed by atoms with van der Waals surface area (Å²) in [5.41, 5.74) is 4.53. The van der Waals surface area contributed by atoms with E-state index in [0.717, 1.165) is 23.3 Å². The van der Waals surface area contributed by atoms with Crippen molar-refractivity contribution in [1.82, 2.24) is 21.1 Å². The molecule has 168 valence electrons. The maximum atomic E-state index is 13.0. The Labute approximate surface area is 187 Å². The number of urea groups is 1. The van der Waals surface area contributed by atoms with Crippen LogP contribution in [0.3, 0.4) is 0 Å². The largest absolute Gasteiger partial charge is 0.325 e. The molecular formula is C22H29ClN4O4. The van der Waals surface area contributed by atoms with Crippen LogP contribution in [-0.4, -0.2) is 40.7 Å². The number of hydrogen-bond donors (Lipinski definition) is 3. The molecule has 0 radical (unpaired) electrons. The molecule has 1 saturated carbocycles. The maximum Gasteiger partial charge on any atom is 0.325 e. The van der Waals surface area contributed by atoms with Crippen LogP contribution in [0.4, 0.5) is 4.79 Å². The quantitative estimate of drug-likeness (QED) is 0.486. The summed E-state index contributed by atoms with van der Waals surface area (Å²) in [6.45, 7) is 6.10. The molecule has 9 heteroatoms. The van der Waals surface area contributed by atoms with Gasteiger partial charge in [-0.2, -0.15) is 0 Å². The highest BCUT2D eigenvalue weighted by Gasteiger charge is 2.53. The van der Waals surface area contributed by atoms with Crippen LogP contribution in [-0.2, 0) is 20.8 Å². The van der Waals surface area contributed by atoms with Crippen LogP contribution in [0.1, 0.15) is 52.0 Å². The third-order valence-corrected chi connectivity index (χ3v) is 6.48. The second kappa shape index (κ2) is 8.86. The molecule has 2 aliphatic rings. The van der Waals surface area contributed by atoms with Gasteiger partial charge in [0.2, 0.25) is 5.91 Å². The van der Waals surface area contributed by atoms with E-state index in [1.807, 2.05) is 0 Å². The summed E-state index contributed by atoms with van der Waals surface area (Å²) in [5.74, 6) is -0.957. The molecule has 5 amide bonds. The standard InChI is InChI=1S/C22H29ClN4O4/c1-21(2,3)15-8-10-22(11-9-15)19(30)27(20(31)24-22)13-18(29)26-25-17(28)12-14-4-6-16(23)7-5-14/h4-7,15H,8-13H2,1-3H3,(H,24,31)(H,25,28)(H,26,29). The highest BCUT2D eigenvalue weighted by atomic mass is 35.5. The van der Waals surface area contributed by atoms with Gasteiger partial charge in [-0.1, -0.05) is 44.5 Å². The molecule has 3 N–H and O–H groups in total. The van der Waals surface area contributed by atoms with Crippen molar-refractivity contribution in [3.8, 4) is 0 Å². The number of amides is 5. The number of halogens is 1. The summed E-state index contributed by atoms with van der Waals surface area (Å²) in [5, 5.41) is 3.37. The average Bonchev–Trinajstić information content (AvgIpc) is 2.92. The molecule has 1 aromatic rings. The minimum absolute atomic E-state index is 0.0542. The highest BCUT2D eigenvalue weighted by molar-refractivity contribution is 6.30. The Balaban J connectivity index is 1.50. The van der Waals surface area contributed by atoms with Crippen LogP contribution in [0.25, 0.3) is 0 Å². The van der Waals surface area contributed by atoms with E-state index in [1.165, 1.54) is 0 Å². The lowest BCUT2D eigenvalue weighted by Gasteiger charge is -2.40. The monoisotopic (exact) mass is 448 g/mol. The predicted octanol–water partition coefficient (Wildman–Crippen LogP) is 2.56. The summed E-state index contributed by atoms with van der Waals surface area (Å²) in [4.78, 5) is 50.5. The number of benzene rings is 1. The molecule has 1 saturated heterocycles. The summed E-state index contributed by atoms with van der Waals surface area (Å²) < 4.78 is 0. The van der Waals surface area contributed by atoms with Gasteiger partial charge in [-0.3, -0.25) is 30.1 Å². The zero-order valence-corrected chi connectivity index (χ0v) is 18.8. The smallest absolute Gasteiger partial charge is 0.323 e. The summed E-state index contributed by atoms with van der Waals surface area (Å²) in [7, 11) is 0. The number of imide groups is 1. The van der Waals surface area contributed by atoms with Gasteiger partial charge in [0.05, 0.1) is 6.42 Å². The first kappa shape index (κ1) is 23.1. The molecule has 31 heavy (non-hydrogen) atoms. The van der Waals surface area contributed by atoms with Crippen molar-refractivity contribution in [3.63, 3.8) is 0 Å². The van der Waals surface area contributed by atoms with E-state index in [-0.39, 0.29) is 17.7 Å². The molecule has 8 nitrogen and oxygen atoms in total. The summed E-state index contributed by atoms with van der Waals surface area (Å²) in [6, 6.07) is 6.20. The van der Waals surface area contributed by atoms with Crippen LogP contribution >= 0.6 is 11.6 Å². The van der Waals surface area contributed by atoms with Crippen LogP contribution in [0.2, 0.25) is 5.02 Å². The third kappa shape index (κ3) is 5.36. The maximum absolute atomic E-state index is 13.0. The third-order valence-electron chi connectivity index (χ3n) is 6.23. The Morgan fingerprint density at radius 2 is 1.68 bits per heavy atom. The average molecular weight is 449 g/mol. The van der Waals surface area contributed by atoms with Gasteiger partial charge in [-0.25, -0.2) is 4.79 Å². The molecule has 0 aromatic heterocycles. The zero-order chi connectivity index (χ0) is 22.8. The van der Waals surface area contributed by atoms with E-state index in [9.17, 15) is 19.2 Å². The van der Waals surface area contributed by atoms with Crippen LogP contribution in [0.15, 0.2) is 24.3 Å².